The van der Waals surface area contributed by atoms with Crippen molar-refractivity contribution in [1.82, 2.24) is 5.32 Å². The Hall–Kier alpha value is -1.37. The number of allylic oxidation sites excluding steroid dienone is 1. The lowest BCUT2D eigenvalue weighted by Crippen LogP contribution is -2.24. The zero-order valence-electron chi connectivity index (χ0n) is 10.4. The molecule has 0 aliphatic heterocycles. The average molecular weight is 303 g/mol. The molecule has 0 unspecified atom stereocenters. The van der Waals surface area contributed by atoms with E-state index >= 15 is 0 Å². The molecule has 104 valence electrons. The van der Waals surface area contributed by atoms with Crippen LogP contribution in [0.1, 0.15) is 23.7 Å². The Morgan fingerprint density at radius 1 is 1.42 bits per heavy atom. The number of rotatable bonds is 5. The van der Waals surface area contributed by atoms with Gasteiger partial charge in [0, 0.05) is 17.1 Å². The molecule has 1 rings (SSSR count). The molecule has 0 aliphatic rings. The maximum absolute atomic E-state index is 11.8. The first-order chi connectivity index (χ1) is 8.84. The van der Waals surface area contributed by atoms with Crippen molar-refractivity contribution in [2.45, 2.75) is 18.2 Å². The van der Waals surface area contributed by atoms with Crippen molar-refractivity contribution in [3.63, 3.8) is 0 Å². The van der Waals surface area contributed by atoms with Crippen molar-refractivity contribution in [3.05, 3.63) is 40.9 Å². The molecular weight excluding hydrogens is 288 g/mol. The summed E-state index contributed by atoms with van der Waals surface area (Å²) < 4.78 is 22.5. The van der Waals surface area contributed by atoms with E-state index in [-0.39, 0.29) is 15.5 Å². The number of hydrogen-bond donors (Lipinski definition) is 2. The molecule has 0 saturated carbocycles. The predicted octanol–water partition coefficient (Wildman–Crippen LogP) is 1.68. The third-order valence-corrected chi connectivity index (χ3v) is 3.41. The van der Waals surface area contributed by atoms with Gasteiger partial charge in [-0.2, -0.15) is 0 Å². The van der Waals surface area contributed by atoms with E-state index in [4.69, 9.17) is 16.7 Å². The van der Waals surface area contributed by atoms with Crippen LogP contribution in [-0.2, 0) is 10.0 Å². The van der Waals surface area contributed by atoms with E-state index in [9.17, 15) is 13.2 Å². The van der Waals surface area contributed by atoms with Crippen LogP contribution in [0.2, 0.25) is 5.02 Å². The number of carbonyl (C=O) groups excluding carboxylic acids is 1. The summed E-state index contributed by atoms with van der Waals surface area (Å²) in [7, 11) is -3.89. The molecule has 0 spiro atoms. The van der Waals surface area contributed by atoms with Crippen LogP contribution < -0.4 is 10.5 Å². The SMILES string of the molecule is C/C=C/CCNC(=O)c1cc(Cl)cc(S(N)(=O)=O)c1. The van der Waals surface area contributed by atoms with Gasteiger partial charge in [-0.25, -0.2) is 13.6 Å². The topological polar surface area (TPSA) is 89.3 Å². The number of benzene rings is 1. The Bertz CT molecular complexity index is 597. The van der Waals surface area contributed by atoms with Gasteiger partial charge in [-0.1, -0.05) is 23.8 Å². The Morgan fingerprint density at radius 2 is 2.11 bits per heavy atom. The first-order valence-corrected chi connectivity index (χ1v) is 7.50. The molecule has 1 aromatic carbocycles. The highest BCUT2D eigenvalue weighted by Crippen LogP contribution is 2.18. The van der Waals surface area contributed by atoms with Gasteiger partial charge < -0.3 is 5.32 Å². The van der Waals surface area contributed by atoms with Gasteiger partial charge in [-0.3, -0.25) is 4.79 Å². The largest absolute Gasteiger partial charge is 0.352 e. The van der Waals surface area contributed by atoms with Crippen LogP contribution in [0.4, 0.5) is 0 Å². The summed E-state index contributed by atoms with van der Waals surface area (Å²) in [6, 6.07) is 3.79. The number of primary sulfonamides is 1. The third kappa shape index (κ3) is 5.02. The highest BCUT2D eigenvalue weighted by molar-refractivity contribution is 7.89. The summed E-state index contributed by atoms with van der Waals surface area (Å²) in [5.74, 6) is -0.392. The monoisotopic (exact) mass is 302 g/mol. The molecule has 1 amide bonds. The lowest BCUT2D eigenvalue weighted by molar-refractivity contribution is 0.0954. The fourth-order valence-corrected chi connectivity index (χ4v) is 2.28. The number of sulfonamides is 1. The van der Waals surface area contributed by atoms with Crippen LogP contribution in [0.25, 0.3) is 0 Å². The predicted molar refractivity (Wildman–Crippen MR) is 74.6 cm³/mol. The van der Waals surface area contributed by atoms with Gasteiger partial charge in [0.25, 0.3) is 5.91 Å². The van der Waals surface area contributed by atoms with Crippen LogP contribution in [0.5, 0.6) is 0 Å². The lowest BCUT2D eigenvalue weighted by Gasteiger charge is -2.06. The van der Waals surface area contributed by atoms with Crippen molar-refractivity contribution in [1.29, 1.82) is 0 Å². The van der Waals surface area contributed by atoms with E-state index in [0.29, 0.717) is 13.0 Å². The maximum atomic E-state index is 11.8. The third-order valence-electron chi connectivity index (χ3n) is 2.29. The standard InChI is InChI=1S/C12H15ClN2O3S/c1-2-3-4-5-15-12(16)9-6-10(13)8-11(7-9)19(14,17)18/h2-3,6-8H,4-5H2,1H3,(H,15,16)(H2,14,17,18)/b3-2+. The second-order valence-electron chi connectivity index (χ2n) is 3.83. The molecule has 0 bridgehead atoms. The summed E-state index contributed by atoms with van der Waals surface area (Å²) in [4.78, 5) is 11.6. The molecule has 3 N–H and O–H groups in total. The van der Waals surface area contributed by atoms with E-state index in [2.05, 4.69) is 5.32 Å². The normalized spacial score (nSPS) is 11.7. The second-order valence-corrected chi connectivity index (χ2v) is 5.83. The molecule has 7 heteroatoms. The first kappa shape index (κ1) is 15.7. The fraction of sp³-hybridized carbons (Fsp3) is 0.250. The molecule has 0 heterocycles. The molecule has 0 saturated heterocycles. The summed E-state index contributed by atoms with van der Waals surface area (Å²) in [5.41, 5.74) is 0.164. The Labute approximate surface area is 117 Å². The molecule has 0 atom stereocenters. The maximum Gasteiger partial charge on any atom is 0.251 e. The highest BCUT2D eigenvalue weighted by Gasteiger charge is 2.13. The lowest BCUT2D eigenvalue weighted by atomic mass is 10.2. The molecular formula is C12H15ClN2O3S. The van der Waals surface area contributed by atoms with Crippen molar-refractivity contribution < 1.29 is 13.2 Å². The Balaban J connectivity index is 2.89. The van der Waals surface area contributed by atoms with Gasteiger partial charge in [0.2, 0.25) is 10.0 Å². The molecule has 5 nitrogen and oxygen atoms in total. The van der Waals surface area contributed by atoms with E-state index in [1.165, 1.54) is 18.2 Å². The minimum atomic E-state index is -3.89. The quantitative estimate of drug-likeness (QED) is 0.640. The molecule has 19 heavy (non-hydrogen) atoms. The van der Waals surface area contributed by atoms with Crippen molar-refractivity contribution in [2.24, 2.45) is 5.14 Å². The number of nitrogens with two attached hydrogens (primary N) is 1. The Kier molecular flexibility index (Phi) is 5.53. The highest BCUT2D eigenvalue weighted by atomic mass is 35.5. The molecule has 0 radical (unpaired) electrons. The number of hydrogen-bond acceptors (Lipinski definition) is 3. The molecule has 0 fully saturated rings. The second kappa shape index (κ2) is 6.70. The van der Waals surface area contributed by atoms with E-state index in [0.717, 1.165) is 0 Å². The smallest absolute Gasteiger partial charge is 0.251 e. The van der Waals surface area contributed by atoms with Gasteiger partial charge in [0.05, 0.1) is 4.90 Å². The minimum absolute atomic E-state index is 0.144. The summed E-state index contributed by atoms with van der Waals surface area (Å²) >= 11 is 5.77. The number of amides is 1. The van der Waals surface area contributed by atoms with Crippen LogP contribution in [0.3, 0.4) is 0 Å². The van der Waals surface area contributed by atoms with Gasteiger partial charge in [-0.05, 0) is 31.5 Å². The van der Waals surface area contributed by atoms with Gasteiger partial charge in [0.1, 0.15) is 0 Å². The van der Waals surface area contributed by atoms with Crippen molar-refractivity contribution in [3.8, 4) is 0 Å². The summed E-state index contributed by atoms with van der Waals surface area (Å²) in [6.07, 6.45) is 4.49. The van der Waals surface area contributed by atoms with Crippen LogP contribution in [-0.4, -0.2) is 20.9 Å². The van der Waals surface area contributed by atoms with E-state index < -0.39 is 15.9 Å². The van der Waals surface area contributed by atoms with Crippen LogP contribution in [0, 0.1) is 0 Å². The van der Waals surface area contributed by atoms with Crippen molar-refractivity contribution >= 4 is 27.5 Å². The van der Waals surface area contributed by atoms with Crippen LogP contribution in [0.15, 0.2) is 35.2 Å². The van der Waals surface area contributed by atoms with Crippen molar-refractivity contribution in [2.75, 3.05) is 6.54 Å². The van der Waals surface area contributed by atoms with Gasteiger partial charge in [0.15, 0.2) is 0 Å². The fourth-order valence-electron chi connectivity index (χ4n) is 1.40. The summed E-state index contributed by atoms with van der Waals surface area (Å²) in [6.45, 7) is 2.34. The van der Waals surface area contributed by atoms with Gasteiger partial charge in [-0.15, -0.1) is 0 Å². The number of nitrogens with one attached hydrogen (secondary N) is 1. The minimum Gasteiger partial charge on any atom is -0.352 e. The molecule has 0 aromatic heterocycles. The summed E-state index contributed by atoms with van der Waals surface area (Å²) in [5, 5.41) is 7.81. The van der Waals surface area contributed by atoms with Crippen LogP contribution >= 0.6 is 11.6 Å². The zero-order chi connectivity index (χ0) is 14.5. The first-order valence-electron chi connectivity index (χ1n) is 5.57. The Morgan fingerprint density at radius 3 is 2.68 bits per heavy atom. The zero-order valence-corrected chi connectivity index (χ0v) is 12.0. The molecule has 1 aromatic rings. The average Bonchev–Trinajstić information content (AvgIpc) is 2.32. The number of halogens is 1. The van der Waals surface area contributed by atoms with E-state index in [1.54, 1.807) is 0 Å². The molecule has 0 aliphatic carbocycles. The van der Waals surface area contributed by atoms with E-state index in [1.807, 2.05) is 19.1 Å². The van der Waals surface area contributed by atoms with Gasteiger partial charge >= 0.3 is 0 Å². The number of carbonyl (C=O) groups is 1.